The van der Waals surface area contributed by atoms with E-state index in [1.807, 2.05) is 0 Å². The second-order valence-corrected chi connectivity index (χ2v) is 4.47. The van der Waals surface area contributed by atoms with Crippen molar-refractivity contribution in [1.29, 1.82) is 0 Å². The van der Waals surface area contributed by atoms with Crippen LogP contribution in [0.4, 0.5) is 5.95 Å². The van der Waals surface area contributed by atoms with Crippen molar-refractivity contribution < 1.29 is 9.53 Å². The number of nitrogens with zero attached hydrogens (tertiary/aromatic N) is 3. The second-order valence-electron chi connectivity index (χ2n) is 3.68. The first-order valence-corrected chi connectivity index (χ1v) is 6.70. The maximum absolute atomic E-state index is 12.2. The van der Waals surface area contributed by atoms with Crippen LogP contribution in [0.2, 0.25) is 0 Å². The molecule has 0 spiro atoms. The van der Waals surface area contributed by atoms with E-state index in [0.717, 1.165) is 0 Å². The van der Waals surface area contributed by atoms with E-state index < -0.39 is 11.6 Å². The van der Waals surface area contributed by atoms with Crippen LogP contribution in [0, 0.1) is 6.92 Å². The molecule has 0 fully saturated rings. The fourth-order valence-corrected chi connectivity index (χ4v) is 2.16. The molecule has 0 bridgehead atoms. The highest BCUT2D eigenvalue weighted by molar-refractivity contribution is 7.98. The lowest BCUT2D eigenvalue weighted by molar-refractivity contribution is 0.102. The standard InChI is InChI=1S/C10H12N6O3S/c1-4-5(7(20-3)13-9(18)11-4)6(17)12-8-14-10(19-2)16-15-8/h1-3H3,(H,11,13,18)(H2,12,14,15,16,17). The molecule has 2 aromatic rings. The maximum Gasteiger partial charge on any atom is 0.346 e. The van der Waals surface area contributed by atoms with Gasteiger partial charge in [-0.3, -0.25) is 10.1 Å². The van der Waals surface area contributed by atoms with E-state index in [2.05, 4.69) is 30.5 Å². The Morgan fingerprint density at radius 1 is 1.40 bits per heavy atom. The maximum atomic E-state index is 12.2. The van der Waals surface area contributed by atoms with E-state index in [4.69, 9.17) is 4.74 Å². The van der Waals surface area contributed by atoms with E-state index in [-0.39, 0.29) is 17.5 Å². The molecule has 0 aromatic carbocycles. The van der Waals surface area contributed by atoms with Gasteiger partial charge in [-0.25, -0.2) is 9.89 Å². The monoisotopic (exact) mass is 296 g/mol. The highest BCUT2D eigenvalue weighted by Crippen LogP contribution is 2.19. The van der Waals surface area contributed by atoms with Crippen molar-refractivity contribution in [1.82, 2.24) is 25.1 Å². The zero-order valence-corrected chi connectivity index (χ0v) is 11.8. The Balaban J connectivity index is 2.31. The molecule has 0 unspecified atom stereocenters. The van der Waals surface area contributed by atoms with Gasteiger partial charge in [0.2, 0.25) is 5.95 Å². The van der Waals surface area contributed by atoms with Crippen molar-refractivity contribution >= 4 is 23.6 Å². The number of thioether (sulfide) groups is 1. The molecule has 0 saturated heterocycles. The normalized spacial score (nSPS) is 10.3. The predicted octanol–water partition coefficient (Wildman–Crippen LogP) is 0.179. The molecular weight excluding hydrogens is 284 g/mol. The summed E-state index contributed by atoms with van der Waals surface area (Å²) in [6.45, 7) is 1.62. The van der Waals surface area contributed by atoms with Gasteiger partial charge in [0, 0.05) is 5.69 Å². The van der Waals surface area contributed by atoms with E-state index in [1.165, 1.54) is 18.9 Å². The number of ether oxygens (including phenoxy) is 1. The molecule has 106 valence electrons. The number of aromatic amines is 2. The highest BCUT2D eigenvalue weighted by Gasteiger charge is 2.18. The number of amides is 1. The van der Waals surface area contributed by atoms with Gasteiger partial charge in [0.1, 0.15) is 5.03 Å². The van der Waals surface area contributed by atoms with Crippen LogP contribution in [0.15, 0.2) is 9.82 Å². The number of nitrogens with one attached hydrogen (secondary N) is 3. The number of rotatable bonds is 4. The van der Waals surface area contributed by atoms with Gasteiger partial charge in [-0.2, -0.15) is 9.97 Å². The smallest absolute Gasteiger partial charge is 0.346 e. The van der Waals surface area contributed by atoms with Gasteiger partial charge in [0.15, 0.2) is 0 Å². The number of carbonyl (C=O) groups excluding carboxylic acids is 1. The van der Waals surface area contributed by atoms with Crippen LogP contribution in [0.1, 0.15) is 16.1 Å². The van der Waals surface area contributed by atoms with Crippen LogP contribution in [-0.4, -0.2) is 44.4 Å². The number of methoxy groups -OCH3 is 1. The fourth-order valence-electron chi connectivity index (χ4n) is 1.54. The summed E-state index contributed by atoms with van der Waals surface area (Å²) in [5.74, 6) is -0.307. The molecule has 2 aromatic heterocycles. The lowest BCUT2D eigenvalue weighted by Gasteiger charge is -2.08. The van der Waals surface area contributed by atoms with Gasteiger partial charge in [-0.1, -0.05) is 0 Å². The largest absolute Gasteiger partial charge is 0.466 e. The molecule has 20 heavy (non-hydrogen) atoms. The Kier molecular flexibility index (Phi) is 4.03. The van der Waals surface area contributed by atoms with Gasteiger partial charge >= 0.3 is 11.7 Å². The molecule has 3 N–H and O–H groups in total. The van der Waals surface area contributed by atoms with Gasteiger partial charge in [0.05, 0.1) is 12.7 Å². The lowest BCUT2D eigenvalue weighted by atomic mass is 10.2. The minimum atomic E-state index is -0.496. The molecule has 9 nitrogen and oxygen atoms in total. The van der Waals surface area contributed by atoms with Crippen molar-refractivity contribution in [3.05, 3.63) is 21.7 Å². The number of aromatic nitrogens is 5. The average Bonchev–Trinajstić information content (AvgIpc) is 2.85. The third-order valence-corrected chi connectivity index (χ3v) is 3.07. The molecule has 0 aliphatic heterocycles. The van der Waals surface area contributed by atoms with Crippen LogP contribution in [-0.2, 0) is 0 Å². The molecule has 0 radical (unpaired) electrons. The fraction of sp³-hybridized carbons (Fsp3) is 0.300. The first kappa shape index (κ1) is 14.1. The minimum absolute atomic E-state index is 0.113. The van der Waals surface area contributed by atoms with Crippen molar-refractivity contribution in [2.24, 2.45) is 0 Å². The molecule has 0 aliphatic carbocycles. The zero-order chi connectivity index (χ0) is 14.7. The summed E-state index contributed by atoms with van der Waals surface area (Å²) < 4.78 is 4.80. The Bertz CT molecular complexity index is 695. The molecule has 2 heterocycles. The Hall–Kier alpha value is -2.36. The first-order chi connectivity index (χ1) is 9.55. The van der Waals surface area contributed by atoms with Crippen molar-refractivity contribution in [3.8, 4) is 6.01 Å². The third kappa shape index (κ3) is 2.79. The summed E-state index contributed by atoms with van der Waals surface area (Å²) in [6.07, 6.45) is 1.73. The summed E-state index contributed by atoms with van der Waals surface area (Å²) >= 11 is 1.21. The van der Waals surface area contributed by atoms with Crippen LogP contribution in [0.5, 0.6) is 6.01 Å². The van der Waals surface area contributed by atoms with Crippen LogP contribution >= 0.6 is 11.8 Å². The number of carbonyl (C=O) groups is 1. The summed E-state index contributed by atoms with van der Waals surface area (Å²) in [7, 11) is 1.41. The lowest BCUT2D eigenvalue weighted by Crippen LogP contribution is -2.22. The van der Waals surface area contributed by atoms with Gasteiger partial charge in [0.25, 0.3) is 5.91 Å². The quantitative estimate of drug-likeness (QED) is 0.542. The molecule has 0 saturated carbocycles. The van der Waals surface area contributed by atoms with E-state index in [1.54, 1.807) is 13.2 Å². The predicted molar refractivity (Wildman–Crippen MR) is 72.3 cm³/mol. The van der Waals surface area contributed by atoms with E-state index in [0.29, 0.717) is 10.7 Å². The van der Waals surface area contributed by atoms with Crippen molar-refractivity contribution in [3.63, 3.8) is 0 Å². The van der Waals surface area contributed by atoms with Gasteiger partial charge in [-0.05, 0) is 13.2 Å². The second kappa shape index (κ2) is 5.74. The summed E-state index contributed by atoms with van der Waals surface area (Å²) in [6, 6.07) is 0.113. The van der Waals surface area contributed by atoms with Gasteiger partial charge < -0.3 is 9.72 Å². The van der Waals surface area contributed by atoms with Crippen molar-refractivity contribution in [2.75, 3.05) is 18.7 Å². The molecular formula is C10H12N6O3S. The van der Waals surface area contributed by atoms with Crippen LogP contribution < -0.4 is 15.7 Å². The van der Waals surface area contributed by atoms with Gasteiger partial charge in [-0.15, -0.1) is 16.9 Å². The zero-order valence-electron chi connectivity index (χ0n) is 11.0. The Morgan fingerprint density at radius 3 is 2.75 bits per heavy atom. The molecule has 1 amide bonds. The molecule has 0 atom stereocenters. The average molecular weight is 296 g/mol. The Morgan fingerprint density at radius 2 is 2.15 bits per heavy atom. The number of hydrogen-bond donors (Lipinski definition) is 3. The number of hydrogen-bond acceptors (Lipinski definition) is 7. The SMILES string of the molecule is COc1n[nH]c(NC(=O)c2c(SC)nc(=O)[nH]c2C)n1. The highest BCUT2D eigenvalue weighted by atomic mass is 32.2. The van der Waals surface area contributed by atoms with Crippen LogP contribution in [0.25, 0.3) is 0 Å². The number of anilines is 1. The first-order valence-electron chi connectivity index (χ1n) is 5.47. The summed E-state index contributed by atoms with van der Waals surface area (Å²) in [5, 5.41) is 9.08. The Labute approximate surface area is 117 Å². The molecule has 10 heteroatoms. The summed E-state index contributed by atoms with van der Waals surface area (Å²) in [5.41, 5.74) is 0.218. The minimum Gasteiger partial charge on any atom is -0.466 e. The van der Waals surface area contributed by atoms with E-state index in [9.17, 15) is 9.59 Å². The third-order valence-electron chi connectivity index (χ3n) is 2.39. The van der Waals surface area contributed by atoms with E-state index >= 15 is 0 Å². The molecule has 2 rings (SSSR count). The summed E-state index contributed by atoms with van der Waals surface area (Å²) in [4.78, 5) is 33.6. The number of H-pyrrole nitrogens is 2. The van der Waals surface area contributed by atoms with Crippen LogP contribution in [0.3, 0.4) is 0 Å². The van der Waals surface area contributed by atoms with Crippen molar-refractivity contribution in [2.45, 2.75) is 11.9 Å². The number of aryl methyl sites for hydroxylation is 1. The molecule has 0 aliphatic rings. The topological polar surface area (TPSA) is 126 Å².